The lowest BCUT2D eigenvalue weighted by Crippen LogP contribution is -2.15. The molecule has 0 aliphatic heterocycles. The molecule has 0 saturated carbocycles. The van der Waals surface area contributed by atoms with E-state index in [-0.39, 0.29) is 22.2 Å². The maximum Gasteiger partial charge on any atom is 0.350 e. The number of nitrogens with one attached hydrogen (secondary N) is 1. The number of H-pyrrole nitrogens is 1. The zero-order chi connectivity index (χ0) is 22.9. The molecular formula is C21H19Cl2NO6S. The van der Waals surface area contributed by atoms with Gasteiger partial charge in [-0.15, -0.1) is 11.3 Å². The highest BCUT2D eigenvalue weighted by atomic mass is 35.5. The van der Waals surface area contributed by atoms with Crippen LogP contribution in [-0.4, -0.2) is 43.0 Å². The van der Waals surface area contributed by atoms with Crippen LogP contribution in [-0.2, 0) is 9.47 Å². The number of halogens is 2. The Labute approximate surface area is 192 Å². The second-order valence-corrected chi connectivity index (χ2v) is 8.32. The largest absolute Gasteiger partial charge is 0.495 e. The Hall–Kier alpha value is -2.55. The molecule has 0 aliphatic carbocycles. The molecule has 1 N–H and O–H groups in total. The maximum atomic E-state index is 12.6. The van der Waals surface area contributed by atoms with Gasteiger partial charge in [0, 0.05) is 11.1 Å². The number of aromatic nitrogens is 1. The predicted octanol–water partition coefficient (Wildman–Crippen LogP) is 5.38. The number of hydrogen-bond acceptors (Lipinski definition) is 7. The van der Waals surface area contributed by atoms with Crippen molar-refractivity contribution < 1.29 is 28.6 Å². The van der Waals surface area contributed by atoms with Crippen molar-refractivity contribution in [2.75, 3.05) is 20.3 Å². The van der Waals surface area contributed by atoms with Crippen LogP contribution in [0.5, 0.6) is 5.75 Å². The van der Waals surface area contributed by atoms with Gasteiger partial charge >= 0.3 is 11.9 Å². The standard InChI is InChI=1S/C21H19Cl2NO6S/c1-5-29-20(26)14-9(2)17(24-10(14)3)12(25)8-30-21(27)19-15(22)11-6-7-13(28-4)16(23)18(11)31-19/h6-7,24H,5,8H2,1-4H3. The highest BCUT2D eigenvalue weighted by Gasteiger charge is 2.25. The Kier molecular flexibility index (Phi) is 6.93. The van der Waals surface area contributed by atoms with Crippen LogP contribution < -0.4 is 4.74 Å². The van der Waals surface area contributed by atoms with Gasteiger partial charge in [-0.1, -0.05) is 23.2 Å². The topological polar surface area (TPSA) is 94.7 Å². The monoisotopic (exact) mass is 483 g/mol. The van der Waals surface area contributed by atoms with E-state index in [9.17, 15) is 14.4 Å². The third kappa shape index (κ3) is 4.28. The highest BCUT2D eigenvalue weighted by Crippen LogP contribution is 2.43. The summed E-state index contributed by atoms with van der Waals surface area (Å²) in [5, 5.41) is 1.12. The minimum absolute atomic E-state index is 0.131. The third-order valence-corrected chi connectivity index (χ3v) is 6.83. The molecule has 3 aromatic rings. The molecule has 164 valence electrons. The number of carbonyl (C=O) groups excluding carboxylic acids is 3. The Morgan fingerprint density at radius 1 is 1.06 bits per heavy atom. The van der Waals surface area contributed by atoms with E-state index in [4.69, 9.17) is 37.4 Å². The fourth-order valence-electron chi connectivity index (χ4n) is 3.18. The smallest absolute Gasteiger partial charge is 0.350 e. The van der Waals surface area contributed by atoms with E-state index in [1.54, 1.807) is 32.9 Å². The molecule has 2 heterocycles. The van der Waals surface area contributed by atoms with E-state index < -0.39 is 24.3 Å². The molecule has 0 spiro atoms. The van der Waals surface area contributed by atoms with E-state index in [2.05, 4.69) is 4.98 Å². The van der Waals surface area contributed by atoms with Gasteiger partial charge in [-0.25, -0.2) is 9.59 Å². The second-order valence-electron chi connectivity index (χ2n) is 6.55. The fraction of sp³-hybridized carbons (Fsp3) is 0.286. The number of rotatable bonds is 7. The van der Waals surface area contributed by atoms with Crippen LogP contribution in [0.1, 0.15) is 48.7 Å². The molecule has 0 radical (unpaired) electrons. The number of esters is 2. The lowest BCUT2D eigenvalue weighted by atomic mass is 10.1. The van der Waals surface area contributed by atoms with Gasteiger partial charge in [0.15, 0.2) is 6.61 Å². The van der Waals surface area contributed by atoms with Gasteiger partial charge in [0.25, 0.3) is 0 Å². The normalized spacial score (nSPS) is 10.9. The first kappa shape index (κ1) is 23.1. The first-order chi connectivity index (χ1) is 14.7. The number of benzene rings is 1. The Morgan fingerprint density at radius 3 is 2.42 bits per heavy atom. The van der Waals surface area contributed by atoms with Crippen LogP contribution in [0.4, 0.5) is 0 Å². The third-order valence-electron chi connectivity index (χ3n) is 4.64. The SMILES string of the molecule is CCOC(=O)c1c(C)[nH]c(C(=O)COC(=O)c2sc3c(Cl)c(OC)ccc3c2Cl)c1C. The van der Waals surface area contributed by atoms with Crippen molar-refractivity contribution >= 4 is 62.3 Å². The number of ketones is 1. The van der Waals surface area contributed by atoms with Crippen molar-refractivity contribution in [1.29, 1.82) is 0 Å². The molecule has 1 aromatic carbocycles. The minimum atomic E-state index is -0.749. The number of Topliss-reactive ketones (excluding diaryl/α,β-unsaturated/α-hetero) is 1. The number of hydrogen-bond donors (Lipinski definition) is 1. The molecule has 0 aliphatic rings. The highest BCUT2D eigenvalue weighted by molar-refractivity contribution is 7.22. The summed E-state index contributed by atoms with van der Waals surface area (Å²) in [6.45, 7) is 4.68. The minimum Gasteiger partial charge on any atom is -0.495 e. The summed E-state index contributed by atoms with van der Waals surface area (Å²) in [6.07, 6.45) is 0. The van der Waals surface area contributed by atoms with Crippen molar-refractivity contribution in [2.45, 2.75) is 20.8 Å². The molecule has 0 atom stereocenters. The molecule has 0 bridgehead atoms. The van der Waals surface area contributed by atoms with E-state index in [0.717, 1.165) is 11.3 Å². The molecule has 2 aromatic heterocycles. The van der Waals surface area contributed by atoms with Gasteiger partial charge in [0.2, 0.25) is 5.78 Å². The first-order valence-corrected chi connectivity index (χ1v) is 10.8. The van der Waals surface area contributed by atoms with Gasteiger partial charge in [-0.3, -0.25) is 4.79 Å². The second kappa shape index (κ2) is 9.30. The number of ether oxygens (including phenoxy) is 3. The number of thiophene rings is 1. The van der Waals surface area contributed by atoms with Crippen molar-refractivity contribution in [1.82, 2.24) is 4.98 Å². The van der Waals surface area contributed by atoms with Crippen LogP contribution in [0, 0.1) is 13.8 Å². The Morgan fingerprint density at radius 2 is 1.77 bits per heavy atom. The van der Waals surface area contributed by atoms with Gasteiger partial charge < -0.3 is 19.2 Å². The van der Waals surface area contributed by atoms with Crippen molar-refractivity contribution in [3.63, 3.8) is 0 Å². The lowest BCUT2D eigenvalue weighted by molar-refractivity contribution is 0.0477. The van der Waals surface area contributed by atoms with Crippen LogP contribution in [0.25, 0.3) is 10.1 Å². The summed E-state index contributed by atoms with van der Waals surface area (Å²) in [5.41, 5.74) is 1.42. The summed E-state index contributed by atoms with van der Waals surface area (Å²) in [7, 11) is 1.49. The number of aryl methyl sites for hydroxylation is 1. The van der Waals surface area contributed by atoms with E-state index in [1.165, 1.54) is 7.11 Å². The predicted molar refractivity (Wildman–Crippen MR) is 119 cm³/mol. The summed E-state index contributed by atoms with van der Waals surface area (Å²) in [5.74, 6) is -1.30. The van der Waals surface area contributed by atoms with Crippen molar-refractivity contribution in [2.24, 2.45) is 0 Å². The van der Waals surface area contributed by atoms with Crippen LogP contribution in [0.2, 0.25) is 10.0 Å². The maximum absolute atomic E-state index is 12.6. The number of carbonyl (C=O) groups is 3. The van der Waals surface area contributed by atoms with E-state index in [0.29, 0.717) is 37.7 Å². The summed E-state index contributed by atoms with van der Waals surface area (Å²) < 4.78 is 16.0. The zero-order valence-corrected chi connectivity index (χ0v) is 19.5. The summed E-state index contributed by atoms with van der Waals surface area (Å²) in [6, 6.07) is 3.35. The van der Waals surface area contributed by atoms with Crippen LogP contribution >= 0.6 is 34.5 Å². The van der Waals surface area contributed by atoms with E-state index >= 15 is 0 Å². The molecule has 0 amide bonds. The molecule has 31 heavy (non-hydrogen) atoms. The van der Waals surface area contributed by atoms with Gasteiger partial charge in [0.1, 0.15) is 15.6 Å². The van der Waals surface area contributed by atoms with Gasteiger partial charge in [-0.05, 0) is 38.5 Å². The Bertz CT molecular complexity index is 1200. The zero-order valence-electron chi connectivity index (χ0n) is 17.2. The van der Waals surface area contributed by atoms with Crippen molar-refractivity contribution in [3.05, 3.63) is 49.6 Å². The number of fused-ring (bicyclic) bond motifs is 1. The summed E-state index contributed by atoms with van der Waals surface area (Å²) in [4.78, 5) is 40.3. The fourth-order valence-corrected chi connectivity index (χ4v) is 4.96. The van der Waals surface area contributed by atoms with Crippen LogP contribution in [0.15, 0.2) is 12.1 Å². The van der Waals surface area contributed by atoms with Crippen LogP contribution in [0.3, 0.4) is 0 Å². The molecule has 7 nitrogen and oxygen atoms in total. The van der Waals surface area contributed by atoms with Crippen molar-refractivity contribution in [3.8, 4) is 5.75 Å². The first-order valence-electron chi connectivity index (χ1n) is 9.22. The molecule has 0 fully saturated rings. The van der Waals surface area contributed by atoms with Gasteiger partial charge in [0.05, 0.1) is 34.7 Å². The quantitative estimate of drug-likeness (QED) is 0.358. The average Bonchev–Trinajstić information content (AvgIpc) is 3.23. The number of aromatic amines is 1. The number of methoxy groups -OCH3 is 1. The average molecular weight is 484 g/mol. The molecule has 10 heteroatoms. The lowest BCUT2D eigenvalue weighted by Gasteiger charge is -2.04. The molecule has 0 saturated heterocycles. The van der Waals surface area contributed by atoms with E-state index in [1.807, 2.05) is 0 Å². The molecule has 3 rings (SSSR count). The Balaban J connectivity index is 1.79. The summed E-state index contributed by atoms with van der Waals surface area (Å²) >= 11 is 13.7. The molecule has 0 unspecified atom stereocenters. The molecular weight excluding hydrogens is 465 g/mol. The van der Waals surface area contributed by atoms with Gasteiger partial charge in [-0.2, -0.15) is 0 Å².